The van der Waals surface area contributed by atoms with E-state index >= 15 is 0 Å². The summed E-state index contributed by atoms with van der Waals surface area (Å²) in [6.45, 7) is 0.315. The Morgan fingerprint density at radius 2 is 1.94 bits per heavy atom. The first kappa shape index (κ1) is 14.4. The molecule has 0 aliphatic heterocycles. The monoisotopic (exact) mass is 271 g/mol. The summed E-state index contributed by atoms with van der Waals surface area (Å²) in [5, 5.41) is 7.84. The van der Waals surface area contributed by atoms with Crippen LogP contribution in [0.5, 0.6) is 0 Å². The lowest BCUT2D eigenvalue weighted by Gasteiger charge is -2.08. The predicted octanol–water partition coefficient (Wildman–Crippen LogP) is -0.404. The number of primary sulfonamides is 1. The molecule has 0 unspecified atom stereocenters. The van der Waals surface area contributed by atoms with E-state index in [1.54, 1.807) is 0 Å². The number of hydrogen-bond acceptors (Lipinski definition) is 4. The summed E-state index contributed by atoms with van der Waals surface area (Å²) in [7, 11) is -3.43. The Morgan fingerprint density at radius 3 is 2.50 bits per heavy atom. The van der Waals surface area contributed by atoms with Crippen molar-refractivity contribution in [2.75, 3.05) is 17.6 Å². The van der Waals surface area contributed by atoms with Crippen molar-refractivity contribution in [2.24, 2.45) is 16.0 Å². The van der Waals surface area contributed by atoms with Gasteiger partial charge in [0.2, 0.25) is 16.0 Å². The van der Waals surface area contributed by atoms with Crippen molar-refractivity contribution in [3.63, 3.8) is 0 Å². The zero-order valence-corrected chi connectivity index (χ0v) is 10.7. The third kappa shape index (κ3) is 6.18. The van der Waals surface area contributed by atoms with Gasteiger partial charge in [0.05, 0.1) is 5.75 Å². The maximum atomic E-state index is 10.7. The van der Waals surface area contributed by atoms with Gasteiger partial charge in [0.1, 0.15) is 0 Å². The molecule has 0 saturated heterocycles. The summed E-state index contributed by atoms with van der Waals surface area (Å²) in [5.74, 6) is 5.58. The van der Waals surface area contributed by atoms with E-state index in [1.807, 2.05) is 30.3 Å². The minimum Gasteiger partial charge on any atom is -0.325 e. The Bertz CT molecular complexity index is 486. The van der Waals surface area contributed by atoms with Gasteiger partial charge in [-0.3, -0.25) is 10.4 Å². The maximum absolute atomic E-state index is 10.7. The van der Waals surface area contributed by atoms with E-state index in [-0.39, 0.29) is 5.75 Å². The molecule has 0 aliphatic rings. The summed E-state index contributed by atoms with van der Waals surface area (Å²) in [6.07, 6.45) is 0.348. The number of nitrogens with one attached hydrogen (secondary N) is 2. The number of benzene rings is 1. The van der Waals surface area contributed by atoms with Gasteiger partial charge in [0, 0.05) is 12.2 Å². The molecule has 1 rings (SSSR count). The average Bonchev–Trinajstić information content (AvgIpc) is 2.33. The zero-order valence-electron chi connectivity index (χ0n) is 9.83. The van der Waals surface area contributed by atoms with Gasteiger partial charge >= 0.3 is 0 Å². The van der Waals surface area contributed by atoms with Crippen LogP contribution in [0.4, 0.5) is 5.69 Å². The number of guanidine groups is 1. The van der Waals surface area contributed by atoms with E-state index in [2.05, 4.69) is 15.7 Å². The highest BCUT2D eigenvalue weighted by Crippen LogP contribution is 2.04. The molecule has 6 N–H and O–H groups in total. The summed E-state index contributed by atoms with van der Waals surface area (Å²) in [4.78, 5) is 4.09. The molecule has 0 spiro atoms. The third-order valence-electron chi connectivity index (χ3n) is 2.03. The van der Waals surface area contributed by atoms with E-state index in [9.17, 15) is 8.42 Å². The molecule has 18 heavy (non-hydrogen) atoms. The highest BCUT2D eigenvalue weighted by Gasteiger charge is 2.02. The molecular weight excluding hydrogens is 254 g/mol. The minimum absolute atomic E-state index is 0.0975. The normalized spacial score (nSPS) is 12.2. The van der Waals surface area contributed by atoms with Crippen molar-refractivity contribution in [3.8, 4) is 0 Å². The van der Waals surface area contributed by atoms with Gasteiger partial charge in [-0.15, -0.1) is 0 Å². The Labute approximate surface area is 106 Å². The van der Waals surface area contributed by atoms with Gasteiger partial charge in [-0.1, -0.05) is 18.2 Å². The van der Waals surface area contributed by atoms with Gasteiger partial charge in [0.25, 0.3) is 0 Å². The fourth-order valence-corrected chi connectivity index (χ4v) is 1.77. The molecule has 0 radical (unpaired) electrons. The standard InChI is InChI=1S/C10H17N5O2S/c11-15-10(13-7-4-8-18(12,16)17)14-9-5-2-1-3-6-9/h1-3,5-6H,4,7-8,11H2,(H2,12,16,17)(H2,13,14,15). The Hall–Kier alpha value is -1.64. The fourth-order valence-electron chi connectivity index (χ4n) is 1.24. The van der Waals surface area contributed by atoms with Crippen molar-refractivity contribution < 1.29 is 8.42 Å². The first-order chi connectivity index (χ1) is 8.51. The predicted molar refractivity (Wildman–Crippen MR) is 72.3 cm³/mol. The number of hydrogen-bond donors (Lipinski definition) is 4. The summed E-state index contributed by atoms with van der Waals surface area (Å²) in [5.41, 5.74) is 3.24. The van der Waals surface area contributed by atoms with Gasteiger partial charge < -0.3 is 5.32 Å². The minimum atomic E-state index is -3.43. The molecule has 0 aromatic heterocycles. The molecule has 0 fully saturated rings. The van der Waals surface area contributed by atoms with E-state index in [4.69, 9.17) is 11.0 Å². The lowest BCUT2D eigenvalue weighted by Crippen LogP contribution is -2.36. The average molecular weight is 271 g/mol. The number of hydrazine groups is 1. The van der Waals surface area contributed by atoms with Gasteiger partial charge in [0.15, 0.2) is 0 Å². The third-order valence-corrected chi connectivity index (χ3v) is 2.89. The molecule has 1 aromatic carbocycles. The van der Waals surface area contributed by atoms with E-state index < -0.39 is 10.0 Å². The first-order valence-electron chi connectivity index (χ1n) is 5.35. The highest BCUT2D eigenvalue weighted by atomic mass is 32.2. The van der Waals surface area contributed by atoms with Crippen LogP contribution < -0.4 is 21.7 Å². The molecule has 0 atom stereocenters. The van der Waals surface area contributed by atoms with Crippen LogP contribution in [0, 0.1) is 0 Å². The summed E-state index contributed by atoms with van der Waals surface area (Å²) in [6, 6.07) is 9.35. The van der Waals surface area contributed by atoms with Gasteiger partial charge in [-0.25, -0.2) is 19.4 Å². The second-order valence-corrected chi connectivity index (χ2v) is 5.32. The molecular formula is C10H17N5O2S. The summed E-state index contributed by atoms with van der Waals surface area (Å²) >= 11 is 0. The zero-order chi connectivity index (χ0) is 13.4. The molecule has 1 aromatic rings. The molecule has 0 bridgehead atoms. The fraction of sp³-hybridized carbons (Fsp3) is 0.300. The van der Waals surface area contributed by atoms with Gasteiger partial charge in [-0.2, -0.15) is 0 Å². The van der Waals surface area contributed by atoms with Crippen LogP contribution in [0.15, 0.2) is 35.3 Å². The van der Waals surface area contributed by atoms with E-state index in [0.717, 1.165) is 5.69 Å². The van der Waals surface area contributed by atoms with Gasteiger partial charge in [-0.05, 0) is 18.6 Å². The number of sulfonamides is 1. The molecule has 7 nitrogen and oxygen atoms in total. The lowest BCUT2D eigenvalue weighted by atomic mass is 10.3. The van der Waals surface area contributed by atoms with Crippen molar-refractivity contribution >= 4 is 21.7 Å². The number of anilines is 1. The van der Waals surface area contributed by atoms with Crippen molar-refractivity contribution in [2.45, 2.75) is 6.42 Å². The number of aliphatic imine (C=N–C) groups is 1. The lowest BCUT2D eigenvalue weighted by molar-refractivity contribution is 0.595. The number of nitrogens with two attached hydrogens (primary N) is 2. The SMILES string of the molecule is NNC(=NCCCS(N)(=O)=O)Nc1ccccc1. The molecule has 0 amide bonds. The Balaban J connectivity index is 2.46. The number of nitrogens with zero attached hydrogens (tertiary/aromatic N) is 1. The van der Waals surface area contributed by atoms with Crippen LogP contribution in [-0.2, 0) is 10.0 Å². The first-order valence-corrected chi connectivity index (χ1v) is 7.06. The van der Waals surface area contributed by atoms with E-state index in [0.29, 0.717) is 18.9 Å². The van der Waals surface area contributed by atoms with Crippen molar-refractivity contribution in [1.82, 2.24) is 5.43 Å². The number of para-hydroxylation sites is 1. The molecule has 100 valence electrons. The van der Waals surface area contributed by atoms with E-state index in [1.165, 1.54) is 0 Å². The van der Waals surface area contributed by atoms with Crippen LogP contribution >= 0.6 is 0 Å². The quantitative estimate of drug-likeness (QED) is 0.191. The van der Waals surface area contributed by atoms with Crippen LogP contribution in [0.1, 0.15) is 6.42 Å². The smallest absolute Gasteiger partial charge is 0.210 e. The number of rotatable bonds is 5. The summed E-state index contributed by atoms with van der Waals surface area (Å²) < 4.78 is 21.4. The molecule has 0 heterocycles. The van der Waals surface area contributed by atoms with Crippen molar-refractivity contribution in [3.05, 3.63) is 30.3 Å². The molecule has 8 heteroatoms. The van der Waals surface area contributed by atoms with Crippen LogP contribution in [0.25, 0.3) is 0 Å². The topological polar surface area (TPSA) is 123 Å². The highest BCUT2D eigenvalue weighted by molar-refractivity contribution is 7.89. The maximum Gasteiger partial charge on any atom is 0.210 e. The van der Waals surface area contributed by atoms with Crippen LogP contribution in [0.2, 0.25) is 0 Å². The molecule has 0 saturated carbocycles. The van der Waals surface area contributed by atoms with Crippen LogP contribution in [0.3, 0.4) is 0 Å². The largest absolute Gasteiger partial charge is 0.325 e. The second-order valence-electron chi connectivity index (χ2n) is 3.59. The Morgan fingerprint density at radius 1 is 1.28 bits per heavy atom. The second kappa shape index (κ2) is 6.94. The molecule has 0 aliphatic carbocycles. The Kier molecular flexibility index (Phi) is 5.56. The van der Waals surface area contributed by atoms with Crippen LogP contribution in [-0.4, -0.2) is 26.7 Å². The van der Waals surface area contributed by atoms with Crippen molar-refractivity contribution in [1.29, 1.82) is 0 Å².